The summed E-state index contributed by atoms with van der Waals surface area (Å²) in [6.07, 6.45) is 1.88. The van der Waals surface area contributed by atoms with Gasteiger partial charge >= 0.3 is 0 Å². The van der Waals surface area contributed by atoms with E-state index in [0.29, 0.717) is 6.42 Å². The molecule has 0 radical (unpaired) electrons. The van der Waals surface area contributed by atoms with Crippen molar-refractivity contribution in [3.63, 3.8) is 0 Å². The zero-order valence-corrected chi connectivity index (χ0v) is 10.9. The minimum atomic E-state index is -1.37. The molecule has 0 bridgehead atoms. The molecule has 1 aliphatic carbocycles. The summed E-state index contributed by atoms with van der Waals surface area (Å²) < 4.78 is 26.9. The van der Waals surface area contributed by atoms with Crippen molar-refractivity contribution in [3.05, 3.63) is 35.4 Å². The summed E-state index contributed by atoms with van der Waals surface area (Å²) in [6, 6.07) is 3.08. The van der Waals surface area contributed by atoms with Gasteiger partial charge in [-0.2, -0.15) is 0 Å². The maximum atomic E-state index is 13.7. The fourth-order valence-electron chi connectivity index (χ4n) is 2.49. The van der Waals surface area contributed by atoms with Crippen LogP contribution in [0.1, 0.15) is 31.7 Å². The van der Waals surface area contributed by atoms with Crippen molar-refractivity contribution in [1.29, 1.82) is 0 Å². The van der Waals surface area contributed by atoms with Gasteiger partial charge in [0.05, 0.1) is 0 Å². The van der Waals surface area contributed by atoms with E-state index in [2.05, 4.69) is 0 Å². The molecule has 0 saturated heterocycles. The molecular formula is C13H16ClF2NO. The average Bonchev–Trinajstić information content (AvgIpc) is 2.29. The van der Waals surface area contributed by atoms with Crippen LogP contribution in [0.3, 0.4) is 0 Å². The number of carbonyl (C=O) groups is 1. The first-order valence-electron chi connectivity index (χ1n) is 5.74. The summed E-state index contributed by atoms with van der Waals surface area (Å²) in [5, 5.41) is 0. The van der Waals surface area contributed by atoms with E-state index in [1.807, 2.05) is 0 Å². The molecule has 1 aromatic carbocycles. The minimum Gasteiger partial charge on any atom is -0.315 e. The summed E-state index contributed by atoms with van der Waals surface area (Å²) in [4.78, 5) is 12.1. The topological polar surface area (TPSA) is 43.1 Å². The lowest BCUT2D eigenvalue weighted by molar-refractivity contribution is -0.130. The van der Waals surface area contributed by atoms with Crippen molar-refractivity contribution in [3.8, 4) is 0 Å². The van der Waals surface area contributed by atoms with E-state index < -0.39 is 17.2 Å². The average molecular weight is 276 g/mol. The Morgan fingerprint density at radius 3 is 2.72 bits per heavy atom. The molecule has 2 unspecified atom stereocenters. The van der Waals surface area contributed by atoms with E-state index in [1.54, 1.807) is 6.92 Å². The molecule has 2 rings (SSSR count). The number of hydrogen-bond donors (Lipinski definition) is 1. The van der Waals surface area contributed by atoms with Crippen molar-refractivity contribution in [2.24, 2.45) is 11.7 Å². The number of hydrogen-bond acceptors (Lipinski definition) is 2. The number of halogens is 3. The van der Waals surface area contributed by atoms with Crippen LogP contribution in [0.4, 0.5) is 8.78 Å². The van der Waals surface area contributed by atoms with Crippen LogP contribution >= 0.6 is 12.4 Å². The van der Waals surface area contributed by atoms with Crippen molar-refractivity contribution in [2.45, 2.75) is 31.7 Å². The third-order valence-electron chi connectivity index (χ3n) is 3.50. The fraction of sp³-hybridized carbons (Fsp3) is 0.462. The summed E-state index contributed by atoms with van der Waals surface area (Å²) in [5.41, 5.74) is 4.64. The highest BCUT2D eigenvalue weighted by Crippen LogP contribution is 2.36. The first-order chi connectivity index (χ1) is 7.95. The van der Waals surface area contributed by atoms with Crippen molar-refractivity contribution >= 4 is 18.2 Å². The summed E-state index contributed by atoms with van der Waals surface area (Å²) >= 11 is 0. The number of ketones is 1. The van der Waals surface area contributed by atoms with Gasteiger partial charge in [-0.25, -0.2) is 8.78 Å². The summed E-state index contributed by atoms with van der Waals surface area (Å²) in [6.45, 7) is 1.78. The molecule has 0 spiro atoms. The van der Waals surface area contributed by atoms with Gasteiger partial charge in [-0.05, 0) is 31.0 Å². The normalized spacial score (nSPS) is 27.8. The van der Waals surface area contributed by atoms with E-state index >= 15 is 0 Å². The second-order valence-corrected chi connectivity index (χ2v) is 4.75. The number of rotatable bonds is 1. The van der Waals surface area contributed by atoms with Crippen LogP contribution in [-0.2, 0) is 10.3 Å². The van der Waals surface area contributed by atoms with Gasteiger partial charge in [-0.1, -0.05) is 13.3 Å². The Morgan fingerprint density at radius 2 is 2.06 bits per heavy atom. The maximum Gasteiger partial charge on any atom is 0.160 e. The number of Topliss-reactive ketones (excluding diaryl/α,β-unsaturated/α-hetero) is 1. The molecule has 2 N–H and O–H groups in total. The van der Waals surface area contributed by atoms with Gasteiger partial charge in [0.2, 0.25) is 0 Å². The van der Waals surface area contributed by atoms with E-state index in [0.717, 1.165) is 31.0 Å². The van der Waals surface area contributed by atoms with Gasteiger partial charge in [0.15, 0.2) is 5.78 Å². The molecule has 2 atom stereocenters. The van der Waals surface area contributed by atoms with E-state index in [4.69, 9.17) is 5.73 Å². The third-order valence-corrected chi connectivity index (χ3v) is 3.50. The van der Waals surface area contributed by atoms with Crippen molar-refractivity contribution in [2.75, 3.05) is 0 Å². The standard InChI is InChI=1S/C13H15F2NO.ClH/c1-8-3-2-6-13(16,12(8)17)10-7-9(14)4-5-11(10)15;/h4-5,7-8H,2-3,6,16H2,1H3;1H. The molecule has 1 saturated carbocycles. The molecule has 0 aromatic heterocycles. The Bertz CT molecular complexity index is 466. The lowest BCUT2D eigenvalue weighted by Crippen LogP contribution is -2.50. The Balaban J connectivity index is 0.00000162. The second-order valence-electron chi connectivity index (χ2n) is 4.75. The summed E-state index contributed by atoms with van der Waals surface area (Å²) in [5.74, 6) is -1.58. The number of benzene rings is 1. The van der Waals surface area contributed by atoms with Gasteiger partial charge in [-0.3, -0.25) is 4.79 Å². The molecule has 0 aliphatic heterocycles. The zero-order valence-electron chi connectivity index (χ0n) is 10.1. The molecular weight excluding hydrogens is 260 g/mol. The zero-order chi connectivity index (χ0) is 12.6. The van der Waals surface area contributed by atoms with Crippen molar-refractivity contribution < 1.29 is 13.6 Å². The van der Waals surface area contributed by atoms with Gasteiger partial charge in [0.1, 0.15) is 17.2 Å². The lowest BCUT2D eigenvalue weighted by atomic mass is 9.72. The predicted molar refractivity (Wildman–Crippen MR) is 67.5 cm³/mol. The Labute approximate surface area is 111 Å². The third kappa shape index (κ3) is 2.40. The Kier molecular flexibility index (Phi) is 4.46. The molecule has 5 heteroatoms. The van der Waals surface area contributed by atoms with Gasteiger partial charge in [0.25, 0.3) is 0 Å². The SMILES string of the molecule is CC1CCCC(N)(c2cc(F)ccc2F)C1=O.Cl. The Morgan fingerprint density at radius 1 is 1.39 bits per heavy atom. The van der Waals surface area contributed by atoms with Gasteiger partial charge in [0, 0.05) is 11.5 Å². The largest absolute Gasteiger partial charge is 0.315 e. The molecule has 100 valence electrons. The minimum absolute atomic E-state index is 0. The first kappa shape index (κ1) is 15.1. The molecule has 1 aromatic rings. The highest BCUT2D eigenvalue weighted by atomic mass is 35.5. The fourth-order valence-corrected chi connectivity index (χ4v) is 2.49. The van der Waals surface area contributed by atoms with E-state index in [-0.39, 0.29) is 29.7 Å². The second kappa shape index (κ2) is 5.33. The van der Waals surface area contributed by atoms with Gasteiger partial charge in [-0.15, -0.1) is 12.4 Å². The molecule has 1 aliphatic rings. The molecule has 0 amide bonds. The first-order valence-corrected chi connectivity index (χ1v) is 5.74. The molecule has 1 fully saturated rings. The Hall–Kier alpha value is -1.000. The van der Waals surface area contributed by atoms with E-state index in [9.17, 15) is 13.6 Å². The number of nitrogens with two attached hydrogens (primary N) is 1. The van der Waals surface area contributed by atoms with Gasteiger partial charge < -0.3 is 5.73 Å². The summed E-state index contributed by atoms with van der Waals surface area (Å²) in [7, 11) is 0. The molecule has 18 heavy (non-hydrogen) atoms. The quantitative estimate of drug-likeness (QED) is 0.856. The molecule has 0 heterocycles. The highest BCUT2D eigenvalue weighted by molar-refractivity contribution is 5.91. The van der Waals surface area contributed by atoms with Crippen LogP contribution in [0, 0.1) is 17.6 Å². The van der Waals surface area contributed by atoms with Crippen LogP contribution in [0.5, 0.6) is 0 Å². The molecule has 2 nitrogen and oxygen atoms in total. The highest BCUT2D eigenvalue weighted by Gasteiger charge is 2.42. The maximum absolute atomic E-state index is 13.7. The van der Waals surface area contributed by atoms with Crippen LogP contribution < -0.4 is 5.73 Å². The predicted octanol–water partition coefficient (Wildman–Crippen LogP) is 2.93. The van der Waals surface area contributed by atoms with Crippen LogP contribution in [0.25, 0.3) is 0 Å². The smallest absolute Gasteiger partial charge is 0.160 e. The van der Waals surface area contributed by atoms with Crippen LogP contribution in [-0.4, -0.2) is 5.78 Å². The number of carbonyl (C=O) groups excluding carboxylic acids is 1. The monoisotopic (exact) mass is 275 g/mol. The van der Waals surface area contributed by atoms with E-state index in [1.165, 1.54) is 0 Å². The lowest BCUT2D eigenvalue weighted by Gasteiger charge is -2.35. The van der Waals surface area contributed by atoms with Crippen molar-refractivity contribution in [1.82, 2.24) is 0 Å². The van der Waals surface area contributed by atoms with Crippen LogP contribution in [0.15, 0.2) is 18.2 Å². The van der Waals surface area contributed by atoms with Crippen LogP contribution in [0.2, 0.25) is 0 Å².